The molecule has 0 rings (SSSR count). The van der Waals surface area contributed by atoms with Crippen molar-refractivity contribution < 1.29 is 24.3 Å². The number of carboxylic acid groups (broad SMARTS) is 1. The molecule has 0 aromatic heterocycles. The normalized spacial score (nSPS) is 13.6. The van der Waals surface area contributed by atoms with E-state index in [0.29, 0.717) is 10.9 Å². The molecule has 0 radical (unpaired) electrons. The lowest BCUT2D eigenvalue weighted by atomic mass is 9.89. The maximum Gasteiger partial charge on any atom is 0.177 e. The Bertz CT molecular complexity index is 437. The molecule has 6 heteroatoms. The zero-order chi connectivity index (χ0) is 21.5. The molecule has 1 atom stereocenters. The number of carbonyl (C=O) groups excluding carboxylic acids is 2. The van der Waals surface area contributed by atoms with Gasteiger partial charge < -0.3 is 19.5 Å². The van der Waals surface area contributed by atoms with Crippen LogP contribution < -0.4 is 5.11 Å². The Hall–Kier alpha value is -0.650. The number of quaternary nitrogens is 1. The predicted molar refractivity (Wildman–Crippen MR) is 120 cm³/mol. The third-order valence-corrected chi connectivity index (χ3v) is 5.20. The van der Waals surface area contributed by atoms with Crippen molar-refractivity contribution in [2.45, 2.75) is 109 Å². The number of rotatable bonds is 19. The minimum absolute atomic E-state index is 0. The second kappa shape index (κ2) is 17.1. The van der Waals surface area contributed by atoms with Gasteiger partial charge in [0.2, 0.25) is 0 Å². The molecule has 0 aliphatic carbocycles. The van der Waals surface area contributed by atoms with Crippen molar-refractivity contribution in [2.24, 2.45) is 0 Å². The fourth-order valence-corrected chi connectivity index (χ4v) is 3.80. The number of hydrogen-bond donors (Lipinski definition) is 1. The van der Waals surface area contributed by atoms with Gasteiger partial charge in [-0.05, 0) is 6.42 Å². The SMILES string of the molecule is CCCCCCCCCCCCCCCC(=O)[C@@](O)(CC(=O)[O-])C[N+](C)(C)C.Cl. The molecule has 0 aliphatic rings. The predicted octanol–water partition coefficient (Wildman–Crippen LogP) is 4.04. The molecule has 0 fully saturated rings. The number of likely N-dealkylation sites (N-methyl/N-ethyl adjacent to an activating group) is 1. The molecule has 174 valence electrons. The fraction of sp³-hybridized carbons (Fsp3) is 0.913. The number of carbonyl (C=O) groups is 2. The number of carboxylic acids is 1. The van der Waals surface area contributed by atoms with Crippen LogP contribution in [0.2, 0.25) is 0 Å². The molecule has 0 heterocycles. The Labute approximate surface area is 185 Å². The van der Waals surface area contributed by atoms with Gasteiger partial charge in [-0.15, -0.1) is 12.4 Å². The lowest BCUT2D eigenvalue weighted by molar-refractivity contribution is -0.875. The van der Waals surface area contributed by atoms with Crippen molar-refractivity contribution in [1.29, 1.82) is 0 Å². The van der Waals surface area contributed by atoms with Crippen molar-refractivity contribution in [3.63, 3.8) is 0 Å². The number of hydrogen-bond acceptors (Lipinski definition) is 4. The number of aliphatic carboxylic acids is 1. The highest BCUT2D eigenvalue weighted by molar-refractivity contribution is 5.90. The van der Waals surface area contributed by atoms with Gasteiger partial charge >= 0.3 is 0 Å². The molecule has 0 bridgehead atoms. The summed E-state index contributed by atoms with van der Waals surface area (Å²) in [7, 11) is 5.50. The summed E-state index contributed by atoms with van der Waals surface area (Å²) >= 11 is 0. The van der Waals surface area contributed by atoms with E-state index in [4.69, 9.17) is 0 Å². The Morgan fingerprint density at radius 1 is 0.793 bits per heavy atom. The van der Waals surface area contributed by atoms with Crippen molar-refractivity contribution in [2.75, 3.05) is 27.7 Å². The Morgan fingerprint density at radius 3 is 1.52 bits per heavy atom. The summed E-state index contributed by atoms with van der Waals surface area (Å²) in [4.78, 5) is 23.4. The van der Waals surface area contributed by atoms with Crippen LogP contribution in [0.3, 0.4) is 0 Å². The van der Waals surface area contributed by atoms with Crippen LogP contribution in [0.15, 0.2) is 0 Å². The Morgan fingerprint density at radius 2 is 1.17 bits per heavy atom. The van der Waals surface area contributed by atoms with Crippen LogP contribution >= 0.6 is 12.4 Å². The number of ketones is 1. The molecule has 0 unspecified atom stereocenters. The monoisotopic (exact) mass is 435 g/mol. The van der Waals surface area contributed by atoms with E-state index >= 15 is 0 Å². The Kier molecular flexibility index (Phi) is 18.0. The minimum atomic E-state index is -1.83. The van der Waals surface area contributed by atoms with Gasteiger partial charge in [-0.25, -0.2) is 0 Å². The number of nitrogens with zero attached hydrogens (tertiary/aromatic N) is 1. The van der Waals surface area contributed by atoms with Crippen LogP contribution in [0.5, 0.6) is 0 Å². The minimum Gasteiger partial charge on any atom is -0.550 e. The van der Waals surface area contributed by atoms with Gasteiger partial charge in [0.15, 0.2) is 11.4 Å². The number of Topliss-reactive ketones (excluding diaryl/α,β-unsaturated/α-hetero) is 1. The van der Waals surface area contributed by atoms with Gasteiger partial charge in [0.25, 0.3) is 0 Å². The van der Waals surface area contributed by atoms with Crippen LogP contribution in [0.4, 0.5) is 0 Å². The van der Waals surface area contributed by atoms with E-state index in [1.165, 1.54) is 64.2 Å². The van der Waals surface area contributed by atoms with E-state index in [-0.39, 0.29) is 31.2 Å². The molecule has 0 aromatic carbocycles. The number of halogens is 1. The van der Waals surface area contributed by atoms with Gasteiger partial charge in [0.1, 0.15) is 6.54 Å². The van der Waals surface area contributed by atoms with Crippen LogP contribution in [0, 0.1) is 0 Å². The van der Waals surface area contributed by atoms with Crippen molar-refractivity contribution in [3.8, 4) is 0 Å². The molecule has 0 aromatic rings. The molecule has 5 nitrogen and oxygen atoms in total. The summed E-state index contributed by atoms with van der Waals surface area (Å²) in [5.41, 5.74) is -1.83. The Balaban J connectivity index is 0. The zero-order valence-electron chi connectivity index (χ0n) is 19.3. The lowest BCUT2D eigenvalue weighted by Gasteiger charge is -2.34. The molecular weight excluding hydrogens is 390 g/mol. The molecule has 29 heavy (non-hydrogen) atoms. The lowest BCUT2D eigenvalue weighted by Crippen LogP contribution is -2.56. The summed E-state index contributed by atoms with van der Waals surface area (Å²) < 4.78 is 0.328. The van der Waals surface area contributed by atoms with E-state index in [0.717, 1.165) is 12.8 Å². The highest BCUT2D eigenvalue weighted by Gasteiger charge is 2.40. The van der Waals surface area contributed by atoms with Crippen LogP contribution in [-0.2, 0) is 9.59 Å². The molecule has 0 saturated heterocycles. The third-order valence-electron chi connectivity index (χ3n) is 5.20. The third kappa shape index (κ3) is 17.9. The van der Waals surface area contributed by atoms with E-state index in [9.17, 15) is 19.8 Å². The second-order valence-corrected chi connectivity index (χ2v) is 9.44. The van der Waals surface area contributed by atoms with Crippen LogP contribution in [-0.4, -0.2) is 54.6 Å². The maximum atomic E-state index is 12.4. The van der Waals surface area contributed by atoms with Gasteiger partial charge in [0.05, 0.1) is 21.1 Å². The van der Waals surface area contributed by atoms with Crippen LogP contribution in [0.1, 0.15) is 103 Å². The summed E-state index contributed by atoms with van der Waals surface area (Å²) in [6.45, 7) is 2.33. The molecular formula is C23H46ClNO4. The number of aliphatic hydroxyl groups is 1. The molecule has 0 spiro atoms. The summed E-state index contributed by atoms with van der Waals surface area (Å²) in [5.74, 6) is -1.75. The van der Waals surface area contributed by atoms with Crippen molar-refractivity contribution in [3.05, 3.63) is 0 Å². The van der Waals surface area contributed by atoms with Crippen LogP contribution in [0.25, 0.3) is 0 Å². The van der Waals surface area contributed by atoms with Gasteiger partial charge in [0, 0.05) is 18.8 Å². The first-order valence-electron chi connectivity index (χ1n) is 11.4. The first-order chi connectivity index (χ1) is 13.1. The largest absolute Gasteiger partial charge is 0.550 e. The summed E-state index contributed by atoms with van der Waals surface area (Å²) in [5, 5.41) is 21.6. The van der Waals surface area contributed by atoms with Gasteiger partial charge in [-0.3, -0.25) is 4.79 Å². The number of unbranched alkanes of at least 4 members (excludes halogenated alkanes) is 12. The smallest absolute Gasteiger partial charge is 0.177 e. The molecule has 0 aliphatic heterocycles. The standard InChI is InChI=1S/C23H45NO4.ClH/c1-5-6-7-8-9-10-11-12-13-14-15-16-17-18-21(25)23(28,19-22(26)27)20-24(2,3)4;/h28H,5-20H2,1-4H3;1H/t23-;/m1./s1. The van der Waals surface area contributed by atoms with Crippen molar-refractivity contribution >= 4 is 24.2 Å². The second-order valence-electron chi connectivity index (χ2n) is 9.44. The maximum absolute atomic E-state index is 12.4. The first kappa shape index (κ1) is 30.5. The summed E-state index contributed by atoms with van der Waals surface area (Å²) in [6, 6.07) is 0. The molecule has 0 saturated carbocycles. The van der Waals surface area contributed by atoms with E-state index < -0.39 is 18.0 Å². The highest BCUT2D eigenvalue weighted by atomic mass is 35.5. The van der Waals surface area contributed by atoms with E-state index in [2.05, 4.69) is 6.92 Å². The zero-order valence-corrected chi connectivity index (χ0v) is 20.2. The van der Waals surface area contributed by atoms with Gasteiger partial charge in [-0.2, -0.15) is 0 Å². The van der Waals surface area contributed by atoms with Crippen molar-refractivity contribution in [1.82, 2.24) is 0 Å². The van der Waals surface area contributed by atoms with E-state index in [1.54, 1.807) is 0 Å². The fourth-order valence-electron chi connectivity index (χ4n) is 3.80. The summed E-state index contributed by atoms with van der Waals surface area (Å²) in [6.07, 6.45) is 15.6. The average Bonchev–Trinajstić information content (AvgIpc) is 2.56. The molecule has 1 N–H and O–H groups in total. The average molecular weight is 436 g/mol. The van der Waals surface area contributed by atoms with Gasteiger partial charge in [-0.1, -0.05) is 84.0 Å². The first-order valence-corrected chi connectivity index (χ1v) is 11.4. The highest BCUT2D eigenvalue weighted by Crippen LogP contribution is 2.20. The van der Waals surface area contributed by atoms with E-state index in [1.807, 2.05) is 21.1 Å². The molecule has 0 amide bonds. The quantitative estimate of drug-likeness (QED) is 0.245. The topological polar surface area (TPSA) is 77.4 Å².